The van der Waals surface area contributed by atoms with Crippen LogP contribution in [-0.2, 0) is 19.0 Å². The third kappa shape index (κ3) is 2.92. The Morgan fingerprint density at radius 2 is 1.65 bits per heavy atom. The summed E-state index contributed by atoms with van der Waals surface area (Å²) in [5.41, 5.74) is 2.46. The standard InChI is InChI=1S/C12H20O3SSi/c1-10(17(13-2,14-3)15-4)12-8-6-5-7-11(12)9-16/h5-8,10,16H,9H2,1-4H3. The minimum absolute atomic E-state index is 0.0887. The van der Waals surface area contributed by atoms with E-state index in [4.69, 9.17) is 13.3 Å². The van der Waals surface area contributed by atoms with E-state index in [1.807, 2.05) is 12.1 Å². The van der Waals surface area contributed by atoms with Crippen molar-refractivity contribution in [3.05, 3.63) is 35.4 Å². The summed E-state index contributed by atoms with van der Waals surface area (Å²) < 4.78 is 16.6. The summed E-state index contributed by atoms with van der Waals surface area (Å²) in [6.45, 7) is 2.07. The van der Waals surface area contributed by atoms with Gasteiger partial charge in [-0.05, 0) is 11.1 Å². The molecule has 1 atom stereocenters. The predicted molar refractivity (Wildman–Crippen MR) is 74.3 cm³/mol. The van der Waals surface area contributed by atoms with Gasteiger partial charge in [0.1, 0.15) is 0 Å². The molecule has 0 N–H and O–H groups in total. The van der Waals surface area contributed by atoms with E-state index >= 15 is 0 Å². The lowest BCUT2D eigenvalue weighted by molar-refractivity contribution is 0.114. The van der Waals surface area contributed by atoms with Crippen LogP contribution in [0.1, 0.15) is 23.6 Å². The summed E-state index contributed by atoms with van der Waals surface area (Å²) in [4.78, 5) is 0. The van der Waals surface area contributed by atoms with Gasteiger partial charge in [0.25, 0.3) is 0 Å². The van der Waals surface area contributed by atoms with Gasteiger partial charge in [-0.25, -0.2) is 0 Å². The zero-order chi connectivity index (χ0) is 12.9. The van der Waals surface area contributed by atoms with Crippen LogP contribution in [0.25, 0.3) is 0 Å². The quantitative estimate of drug-likeness (QED) is 0.637. The van der Waals surface area contributed by atoms with Crippen LogP contribution in [0.15, 0.2) is 24.3 Å². The molecular weight excluding hydrogens is 252 g/mol. The maximum atomic E-state index is 5.52. The van der Waals surface area contributed by atoms with Crippen molar-refractivity contribution < 1.29 is 13.3 Å². The Morgan fingerprint density at radius 3 is 2.12 bits per heavy atom. The van der Waals surface area contributed by atoms with Crippen LogP contribution in [0.5, 0.6) is 0 Å². The minimum Gasteiger partial charge on any atom is -0.376 e. The summed E-state index contributed by atoms with van der Waals surface area (Å²) in [5, 5.41) is 0. The van der Waals surface area contributed by atoms with Gasteiger partial charge in [-0.1, -0.05) is 31.2 Å². The van der Waals surface area contributed by atoms with E-state index in [0.717, 1.165) is 0 Å². The molecule has 0 aliphatic heterocycles. The molecule has 0 radical (unpaired) electrons. The van der Waals surface area contributed by atoms with Gasteiger partial charge in [-0.3, -0.25) is 0 Å². The molecule has 96 valence electrons. The van der Waals surface area contributed by atoms with Crippen molar-refractivity contribution >= 4 is 21.4 Å². The van der Waals surface area contributed by atoms with Gasteiger partial charge in [0.15, 0.2) is 0 Å². The summed E-state index contributed by atoms with van der Waals surface area (Å²) in [6, 6.07) is 8.17. The lowest BCUT2D eigenvalue weighted by Gasteiger charge is -2.31. The second kappa shape index (κ2) is 6.56. The van der Waals surface area contributed by atoms with Crippen LogP contribution in [-0.4, -0.2) is 30.1 Å². The lowest BCUT2D eigenvalue weighted by Crippen LogP contribution is -2.48. The minimum atomic E-state index is -2.64. The predicted octanol–water partition coefficient (Wildman–Crippen LogP) is 2.64. The number of hydrogen-bond donors (Lipinski definition) is 1. The van der Waals surface area contributed by atoms with Gasteiger partial charge in [0.05, 0.1) is 5.54 Å². The Morgan fingerprint density at radius 1 is 1.12 bits per heavy atom. The van der Waals surface area contributed by atoms with E-state index < -0.39 is 8.80 Å². The second-order valence-electron chi connectivity index (χ2n) is 3.79. The first-order valence-electron chi connectivity index (χ1n) is 5.49. The maximum Gasteiger partial charge on any atom is 0.507 e. The fraction of sp³-hybridized carbons (Fsp3) is 0.500. The molecule has 0 saturated carbocycles. The second-order valence-corrected chi connectivity index (χ2v) is 7.41. The van der Waals surface area contributed by atoms with Gasteiger partial charge in [-0.2, -0.15) is 12.6 Å². The highest BCUT2D eigenvalue weighted by Crippen LogP contribution is 2.31. The van der Waals surface area contributed by atoms with Crippen molar-refractivity contribution in [3.8, 4) is 0 Å². The fourth-order valence-electron chi connectivity index (χ4n) is 2.07. The highest BCUT2D eigenvalue weighted by molar-refractivity contribution is 7.79. The van der Waals surface area contributed by atoms with Crippen LogP contribution in [0.2, 0.25) is 0 Å². The number of rotatable bonds is 6. The molecule has 1 aromatic carbocycles. The molecular formula is C12H20O3SSi. The molecule has 0 aliphatic rings. The molecule has 1 aromatic rings. The van der Waals surface area contributed by atoms with E-state index in [1.54, 1.807) is 21.3 Å². The molecule has 0 saturated heterocycles. The Hall–Kier alpha value is -0.333. The molecule has 0 amide bonds. The summed E-state index contributed by atoms with van der Waals surface area (Å²) in [5.74, 6) is 0.697. The largest absolute Gasteiger partial charge is 0.507 e. The molecule has 3 nitrogen and oxygen atoms in total. The topological polar surface area (TPSA) is 27.7 Å². The molecule has 0 aliphatic carbocycles. The number of thiol groups is 1. The van der Waals surface area contributed by atoms with E-state index in [9.17, 15) is 0 Å². The highest BCUT2D eigenvalue weighted by Gasteiger charge is 2.45. The molecule has 0 fully saturated rings. The zero-order valence-electron chi connectivity index (χ0n) is 10.8. The first-order chi connectivity index (χ1) is 8.15. The maximum absolute atomic E-state index is 5.52. The van der Waals surface area contributed by atoms with E-state index in [-0.39, 0.29) is 5.54 Å². The number of hydrogen-bond acceptors (Lipinski definition) is 4. The molecule has 0 bridgehead atoms. The Kier molecular flexibility index (Phi) is 5.68. The monoisotopic (exact) mass is 272 g/mol. The highest BCUT2D eigenvalue weighted by atomic mass is 32.1. The third-order valence-electron chi connectivity index (χ3n) is 3.08. The zero-order valence-corrected chi connectivity index (χ0v) is 12.7. The van der Waals surface area contributed by atoms with Crippen LogP contribution < -0.4 is 0 Å². The van der Waals surface area contributed by atoms with Crippen molar-refractivity contribution in [2.24, 2.45) is 0 Å². The van der Waals surface area contributed by atoms with Crippen LogP contribution in [0.3, 0.4) is 0 Å². The van der Waals surface area contributed by atoms with Crippen molar-refractivity contribution in [1.82, 2.24) is 0 Å². The van der Waals surface area contributed by atoms with Gasteiger partial charge in [0.2, 0.25) is 0 Å². The van der Waals surface area contributed by atoms with Crippen molar-refractivity contribution in [1.29, 1.82) is 0 Å². The van der Waals surface area contributed by atoms with Crippen LogP contribution >= 0.6 is 12.6 Å². The van der Waals surface area contributed by atoms with Gasteiger partial charge >= 0.3 is 8.80 Å². The molecule has 17 heavy (non-hydrogen) atoms. The third-order valence-corrected chi connectivity index (χ3v) is 6.50. The summed E-state index contributed by atoms with van der Waals surface area (Å²) in [7, 11) is 2.27. The molecule has 1 rings (SSSR count). The van der Waals surface area contributed by atoms with E-state index in [0.29, 0.717) is 5.75 Å². The van der Waals surface area contributed by atoms with Gasteiger partial charge < -0.3 is 13.3 Å². The normalized spacial score (nSPS) is 13.7. The summed E-state index contributed by atoms with van der Waals surface area (Å²) >= 11 is 4.35. The van der Waals surface area contributed by atoms with Crippen LogP contribution in [0, 0.1) is 0 Å². The van der Waals surface area contributed by atoms with Crippen molar-refractivity contribution in [3.63, 3.8) is 0 Å². The molecule has 0 heterocycles. The molecule has 0 aromatic heterocycles. The fourth-order valence-corrected chi connectivity index (χ4v) is 4.58. The van der Waals surface area contributed by atoms with Gasteiger partial charge in [0, 0.05) is 27.1 Å². The lowest BCUT2D eigenvalue weighted by atomic mass is 10.1. The van der Waals surface area contributed by atoms with Crippen molar-refractivity contribution in [2.75, 3.05) is 21.3 Å². The number of benzene rings is 1. The van der Waals surface area contributed by atoms with Crippen molar-refractivity contribution in [2.45, 2.75) is 18.2 Å². The average Bonchev–Trinajstić information content (AvgIpc) is 2.41. The summed E-state index contributed by atoms with van der Waals surface area (Å²) in [6.07, 6.45) is 0. The first kappa shape index (κ1) is 14.7. The molecule has 5 heteroatoms. The van der Waals surface area contributed by atoms with E-state index in [1.165, 1.54) is 11.1 Å². The smallest absolute Gasteiger partial charge is 0.376 e. The molecule has 0 spiro atoms. The first-order valence-corrected chi connectivity index (χ1v) is 7.92. The SMILES string of the molecule is CO[Si](OC)(OC)C(C)c1ccccc1CS. The Bertz CT molecular complexity index is 347. The Labute approximate surface area is 110 Å². The van der Waals surface area contributed by atoms with Gasteiger partial charge in [-0.15, -0.1) is 0 Å². The van der Waals surface area contributed by atoms with Crippen LogP contribution in [0.4, 0.5) is 0 Å². The molecule has 1 unspecified atom stereocenters. The Balaban J connectivity index is 3.13. The van der Waals surface area contributed by atoms with E-state index in [2.05, 4.69) is 31.7 Å². The average molecular weight is 272 g/mol.